The average molecular weight is 294 g/mol. The van der Waals surface area contributed by atoms with E-state index < -0.39 is 0 Å². The van der Waals surface area contributed by atoms with Crippen LogP contribution in [0.1, 0.15) is 19.2 Å². The monoisotopic (exact) mass is 294 g/mol. The molecule has 1 heterocycles. The fourth-order valence-corrected chi connectivity index (χ4v) is 1.99. The van der Waals surface area contributed by atoms with Gasteiger partial charge in [-0.3, -0.25) is 0 Å². The molecule has 1 atom stereocenters. The second kappa shape index (κ2) is 6.53. The van der Waals surface area contributed by atoms with Crippen molar-refractivity contribution in [1.29, 1.82) is 0 Å². The number of carbonyl (C=O) groups is 1. The second-order valence-electron chi connectivity index (χ2n) is 5.06. The smallest absolute Gasteiger partial charge is 0.317 e. The van der Waals surface area contributed by atoms with E-state index >= 15 is 0 Å². The maximum Gasteiger partial charge on any atom is 0.317 e. The number of aromatic nitrogens is 2. The molecule has 0 aliphatic heterocycles. The number of aromatic amines is 1. The molecule has 2 amide bonds. The minimum atomic E-state index is -0.332. The molecule has 2 rings (SSSR count). The third-order valence-corrected chi connectivity index (χ3v) is 3.16. The van der Waals surface area contributed by atoms with Crippen LogP contribution in [0.25, 0.3) is 11.0 Å². The predicted molar refractivity (Wildman–Crippen MR) is 77.2 cm³/mol. The molecule has 1 aromatic heterocycles. The summed E-state index contributed by atoms with van der Waals surface area (Å²) in [4.78, 5) is 20.7. The minimum Gasteiger partial charge on any atom is -0.396 e. The van der Waals surface area contributed by atoms with Gasteiger partial charge in [0.1, 0.15) is 11.6 Å². The molecule has 0 saturated carbocycles. The highest BCUT2D eigenvalue weighted by molar-refractivity contribution is 5.76. The van der Waals surface area contributed by atoms with Crippen molar-refractivity contribution >= 4 is 17.1 Å². The number of halogens is 1. The molecular weight excluding hydrogens is 275 g/mol. The standard InChI is InChI=1S/C14H19FN4O2/c1-9(5-6-20)16-14(21)19(2)8-13-17-11-4-3-10(15)7-12(11)18-13/h3-4,7,9,20H,5-6,8H2,1-2H3,(H,16,21)(H,17,18). The van der Waals surface area contributed by atoms with Gasteiger partial charge in [0, 0.05) is 19.7 Å². The van der Waals surface area contributed by atoms with Crippen LogP contribution in [-0.2, 0) is 6.54 Å². The summed E-state index contributed by atoms with van der Waals surface area (Å²) >= 11 is 0. The molecule has 3 N–H and O–H groups in total. The van der Waals surface area contributed by atoms with Crippen LogP contribution >= 0.6 is 0 Å². The zero-order chi connectivity index (χ0) is 15.4. The maximum atomic E-state index is 13.1. The van der Waals surface area contributed by atoms with Gasteiger partial charge in [0.25, 0.3) is 0 Å². The van der Waals surface area contributed by atoms with Gasteiger partial charge >= 0.3 is 6.03 Å². The zero-order valence-electron chi connectivity index (χ0n) is 12.1. The number of nitrogens with one attached hydrogen (secondary N) is 2. The quantitative estimate of drug-likeness (QED) is 0.783. The number of fused-ring (bicyclic) bond motifs is 1. The normalized spacial score (nSPS) is 12.4. The Bertz CT molecular complexity index is 628. The molecule has 0 fully saturated rings. The van der Waals surface area contributed by atoms with Gasteiger partial charge in [-0.15, -0.1) is 0 Å². The second-order valence-corrected chi connectivity index (χ2v) is 5.06. The van der Waals surface area contributed by atoms with Gasteiger partial charge in [0.15, 0.2) is 0 Å². The van der Waals surface area contributed by atoms with Crippen molar-refractivity contribution in [1.82, 2.24) is 20.2 Å². The number of nitrogens with zero attached hydrogens (tertiary/aromatic N) is 2. The zero-order valence-corrected chi connectivity index (χ0v) is 12.1. The number of hydrogen-bond acceptors (Lipinski definition) is 3. The Morgan fingerprint density at radius 1 is 1.57 bits per heavy atom. The summed E-state index contributed by atoms with van der Waals surface area (Å²) in [5.74, 6) is 0.254. The van der Waals surface area contributed by atoms with Crippen LogP contribution in [0.15, 0.2) is 18.2 Å². The van der Waals surface area contributed by atoms with E-state index in [0.717, 1.165) is 0 Å². The van der Waals surface area contributed by atoms with Crippen LogP contribution in [0.4, 0.5) is 9.18 Å². The summed E-state index contributed by atoms with van der Waals surface area (Å²) in [6.07, 6.45) is 0.503. The first kappa shape index (κ1) is 15.2. The number of amides is 2. The number of H-pyrrole nitrogens is 1. The van der Waals surface area contributed by atoms with E-state index in [2.05, 4.69) is 15.3 Å². The van der Waals surface area contributed by atoms with Crippen LogP contribution in [0.5, 0.6) is 0 Å². The minimum absolute atomic E-state index is 0.0281. The average Bonchev–Trinajstić information content (AvgIpc) is 2.80. The van der Waals surface area contributed by atoms with E-state index in [9.17, 15) is 9.18 Å². The number of imidazole rings is 1. The first-order valence-electron chi connectivity index (χ1n) is 6.76. The summed E-state index contributed by atoms with van der Waals surface area (Å²) in [5, 5.41) is 11.6. The summed E-state index contributed by atoms with van der Waals surface area (Å²) < 4.78 is 13.1. The molecule has 6 nitrogen and oxygen atoms in total. The molecule has 0 spiro atoms. The summed E-state index contributed by atoms with van der Waals surface area (Å²) in [7, 11) is 1.65. The summed E-state index contributed by atoms with van der Waals surface area (Å²) in [6.45, 7) is 2.14. The Balaban J connectivity index is 2.00. The molecule has 21 heavy (non-hydrogen) atoms. The Kier molecular flexibility index (Phi) is 4.74. The Hall–Kier alpha value is -2.15. The van der Waals surface area contributed by atoms with Crippen LogP contribution < -0.4 is 5.32 Å². The van der Waals surface area contributed by atoms with Crippen molar-refractivity contribution in [3.8, 4) is 0 Å². The lowest BCUT2D eigenvalue weighted by molar-refractivity contribution is 0.198. The van der Waals surface area contributed by atoms with E-state index in [-0.39, 0.29) is 31.0 Å². The van der Waals surface area contributed by atoms with Crippen molar-refractivity contribution in [3.05, 3.63) is 29.8 Å². The molecule has 0 aliphatic carbocycles. The van der Waals surface area contributed by atoms with E-state index in [0.29, 0.717) is 23.3 Å². The number of aliphatic hydroxyl groups is 1. The van der Waals surface area contributed by atoms with Gasteiger partial charge in [-0.05, 0) is 31.5 Å². The molecule has 7 heteroatoms. The topological polar surface area (TPSA) is 81.2 Å². The van der Waals surface area contributed by atoms with E-state index in [4.69, 9.17) is 5.11 Å². The molecule has 1 unspecified atom stereocenters. The number of rotatable bonds is 5. The molecular formula is C14H19FN4O2. The van der Waals surface area contributed by atoms with Crippen LogP contribution in [0.2, 0.25) is 0 Å². The largest absolute Gasteiger partial charge is 0.396 e. The van der Waals surface area contributed by atoms with Crippen LogP contribution in [-0.4, -0.2) is 45.7 Å². The number of hydrogen-bond donors (Lipinski definition) is 3. The molecule has 1 aromatic carbocycles. The van der Waals surface area contributed by atoms with Crippen molar-refractivity contribution in [3.63, 3.8) is 0 Å². The van der Waals surface area contributed by atoms with Gasteiger partial charge in [-0.25, -0.2) is 14.2 Å². The number of urea groups is 1. The molecule has 0 radical (unpaired) electrons. The Morgan fingerprint density at radius 2 is 2.33 bits per heavy atom. The highest BCUT2D eigenvalue weighted by Gasteiger charge is 2.14. The SMILES string of the molecule is CC(CCO)NC(=O)N(C)Cc1nc2ccc(F)cc2[nH]1. The highest BCUT2D eigenvalue weighted by Crippen LogP contribution is 2.13. The van der Waals surface area contributed by atoms with E-state index in [1.807, 2.05) is 6.92 Å². The lowest BCUT2D eigenvalue weighted by Crippen LogP contribution is -2.42. The van der Waals surface area contributed by atoms with Crippen LogP contribution in [0, 0.1) is 5.82 Å². The fraction of sp³-hybridized carbons (Fsp3) is 0.429. The first-order chi connectivity index (χ1) is 9.99. The molecule has 114 valence electrons. The predicted octanol–water partition coefficient (Wildman–Crippen LogP) is 1.61. The van der Waals surface area contributed by atoms with E-state index in [1.165, 1.54) is 17.0 Å². The molecule has 0 bridgehead atoms. The molecule has 2 aromatic rings. The molecule has 0 aliphatic rings. The number of aliphatic hydroxyl groups excluding tert-OH is 1. The lowest BCUT2D eigenvalue weighted by atomic mass is 10.2. The van der Waals surface area contributed by atoms with Gasteiger partial charge in [0.05, 0.1) is 17.6 Å². The highest BCUT2D eigenvalue weighted by atomic mass is 19.1. The Morgan fingerprint density at radius 3 is 3.05 bits per heavy atom. The number of carbonyl (C=O) groups excluding carboxylic acids is 1. The van der Waals surface area contributed by atoms with Gasteiger partial charge in [-0.2, -0.15) is 0 Å². The van der Waals surface area contributed by atoms with Gasteiger partial charge in [-0.1, -0.05) is 0 Å². The Labute approximate surface area is 122 Å². The molecule has 0 saturated heterocycles. The summed E-state index contributed by atoms with van der Waals surface area (Å²) in [6, 6.07) is 3.96. The van der Waals surface area contributed by atoms with Gasteiger partial charge < -0.3 is 20.3 Å². The van der Waals surface area contributed by atoms with Crippen LogP contribution in [0.3, 0.4) is 0 Å². The third kappa shape index (κ3) is 3.91. The fourth-order valence-electron chi connectivity index (χ4n) is 1.99. The van der Waals surface area contributed by atoms with E-state index in [1.54, 1.807) is 13.1 Å². The van der Waals surface area contributed by atoms with Crippen molar-refractivity contribution < 1.29 is 14.3 Å². The van der Waals surface area contributed by atoms with Crippen molar-refractivity contribution in [2.45, 2.75) is 25.9 Å². The lowest BCUT2D eigenvalue weighted by Gasteiger charge is -2.20. The maximum absolute atomic E-state index is 13.1. The van der Waals surface area contributed by atoms with Crippen molar-refractivity contribution in [2.24, 2.45) is 0 Å². The van der Waals surface area contributed by atoms with Crippen molar-refractivity contribution in [2.75, 3.05) is 13.7 Å². The summed E-state index contributed by atoms with van der Waals surface area (Å²) in [5.41, 5.74) is 1.27. The number of benzene rings is 1. The first-order valence-corrected chi connectivity index (χ1v) is 6.76. The third-order valence-electron chi connectivity index (χ3n) is 3.16. The van der Waals surface area contributed by atoms with Gasteiger partial charge in [0.2, 0.25) is 0 Å².